The fourth-order valence-corrected chi connectivity index (χ4v) is 2.30. The lowest BCUT2D eigenvalue weighted by Crippen LogP contribution is -2.41. The summed E-state index contributed by atoms with van der Waals surface area (Å²) in [6, 6.07) is 0. The van der Waals surface area contributed by atoms with E-state index < -0.39 is 0 Å². The SMILES string of the molecule is CCc1cnc(CNC(=O)CC2(CN)CCC2)o1. The first kappa shape index (κ1) is 13.1. The van der Waals surface area contributed by atoms with Gasteiger partial charge in [-0.3, -0.25) is 4.79 Å². The molecule has 2 rings (SSSR count). The summed E-state index contributed by atoms with van der Waals surface area (Å²) in [6.07, 6.45) is 6.35. The number of rotatable bonds is 6. The van der Waals surface area contributed by atoms with Crippen LogP contribution in [-0.2, 0) is 17.8 Å². The van der Waals surface area contributed by atoms with Crippen molar-refractivity contribution < 1.29 is 9.21 Å². The van der Waals surface area contributed by atoms with Gasteiger partial charge < -0.3 is 15.5 Å². The third-order valence-electron chi connectivity index (χ3n) is 3.77. The molecule has 0 aromatic carbocycles. The number of nitrogens with one attached hydrogen (secondary N) is 1. The lowest BCUT2D eigenvalue weighted by Gasteiger charge is -2.40. The third kappa shape index (κ3) is 2.90. The van der Waals surface area contributed by atoms with Crippen LogP contribution in [0.2, 0.25) is 0 Å². The summed E-state index contributed by atoms with van der Waals surface area (Å²) in [4.78, 5) is 15.9. The first-order valence-electron chi connectivity index (χ1n) is 6.58. The molecule has 5 nitrogen and oxygen atoms in total. The predicted molar refractivity (Wildman–Crippen MR) is 67.7 cm³/mol. The zero-order valence-electron chi connectivity index (χ0n) is 10.9. The van der Waals surface area contributed by atoms with Crippen LogP contribution in [0.5, 0.6) is 0 Å². The van der Waals surface area contributed by atoms with Gasteiger partial charge >= 0.3 is 0 Å². The molecular weight excluding hydrogens is 230 g/mol. The van der Waals surface area contributed by atoms with E-state index in [1.165, 1.54) is 6.42 Å². The highest BCUT2D eigenvalue weighted by atomic mass is 16.4. The quantitative estimate of drug-likeness (QED) is 0.800. The van der Waals surface area contributed by atoms with Crippen molar-refractivity contribution in [3.63, 3.8) is 0 Å². The van der Waals surface area contributed by atoms with Gasteiger partial charge in [-0.15, -0.1) is 0 Å². The first-order chi connectivity index (χ1) is 8.67. The molecule has 0 saturated heterocycles. The summed E-state index contributed by atoms with van der Waals surface area (Å²) >= 11 is 0. The molecule has 0 aliphatic heterocycles. The van der Waals surface area contributed by atoms with Crippen molar-refractivity contribution in [1.29, 1.82) is 0 Å². The number of carbonyl (C=O) groups excluding carboxylic acids is 1. The molecule has 0 atom stereocenters. The van der Waals surface area contributed by atoms with Crippen LogP contribution in [0.1, 0.15) is 44.3 Å². The van der Waals surface area contributed by atoms with Gasteiger partial charge in [-0.2, -0.15) is 0 Å². The number of aromatic nitrogens is 1. The zero-order valence-corrected chi connectivity index (χ0v) is 10.9. The second-order valence-electron chi connectivity index (χ2n) is 5.09. The maximum Gasteiger partial charge on any atom is 0.221 e. The molecule has 5 heteroatoms. The van der Waals surface area contributed by atoms with Gasteiger partial charge in [-0.25, -0.2) is 4.98 Å². The maximum absolute atomic E-state index is 11.8. The van der Waals surface area contributed by atoms with Crippen LogP contribution in [0.4, 0.5) is 0 Å². The van der Waals surface area contributed by atoms with E-state index in [4.69, 9.17) is 10.2 Å². The molecule has 1 aliphatic rings. The molecule has 0 bridgehead atoms. The molecule has 18 heavy (non-hydrogen) atoms. The van der Waals surface area contributed by atoms with Crippen molar-refractivity contribution in [2.24, 2.45) is 11.1 Å². The van der Waals surface area contributed by atoms with Gasteiger partial charge in [0.15, 0.2) is 0 Å². The standard InChI is InChI=1S/C13H21N3O2/c1-2-10-7-16-12(18-10)8-15-11(17)6-13(9-14)4-3-5-13/h7H,2-6,8-9,14H2,1H3,(H,15,17). The Morgan fingerprint density at radius 3 is 2.89 bits per heavy atom. The number of hydrogen-bond acceptors (Lipinski definition) is 4. The Labute approximate surface area is 107 Å². The van der Waals surface area contributed by atoms with E-state index in [0.717, 1.165) is 25.0 Å². The fraction of sp³-hybridized carbons (Fsp3) is 0.692. The van der Waals surface area contributed by atoms with Crippen LogP contribution in [0.3, 0.4) is 0 Å². The highest BCUT2D eigenvalue weighted by Crippen LogP contribution is 2.42. The minimum absolute atomic E-state index is 0.0383. The third-order valence-corrected chi connectivity index (χ3v) is 3.77. The summed E-state index contributed by atoms with van der Waals surface area (Å²) in [6.45, 7) is 2.96. The Balaban J connectivity index is 1.77. The maximum atomic E-state index is 11.8. The molecule has 1 heterocycles. The molecule has 1 aromatic rings. The second kappa shape index (κ2) is 5.52. The number of aryl methyl sites for hydroxylation is 1. The number of amides is 1. The Morgan fingerprint density at radius 1 is 1.61 bits per heavy atom. The van der Waals surface area contributed by atoms with Crippen molar-refractivity contribution in [3.8, 4) is 0 Å². The number of hydrogen-bond donors (Lipinski definition) is 2. The monoisotopic (exact) mass is 251 g/mol. The summed E-state index contributed by atoms with van der Waals surface area (Å²) in [5.41, 5.74) is 5.79. The normalized spacial score (nSPS) is 17.2. The van der Waals surface area contributed by atoms with Crippen molar-refractivity contribution in [2.45, 2.75) is 45.6 Å². The molecule has 1 aliphatic carbocycles. The Kier molecular flexibility index (Phi) is 4.01. The minimum Gasteiger partial charge on any atom is -0.444 e. The molecule has 0 spiro atoms. The van der Waals surface area contributed by atoms with Gasteiger partial charge in [0, 0.05) is 12.8 Å². The zero-order chi connectivity index (χ0) is 13.0. The lowest BCUT2D eigenvalue weighted by atomic mass is 9.66. The van der Waals surface area contributed by atoms with Crippen LogP contribution in [0.25, 0.3) is 0 Å². The van der Waals surface area contributed by atoms with Gasteiger partial charge in [0.2, 0.25) is 11.8 Å². The van der Waals surface area contributed by atoms with Crippen molar-refractivity contribution in [3.05, 3.63) is 17.8 Å². The smallest absolute Gasteiger partial charge is 0.221 e. The molecular formula is C13H21N3O2. The Bertz CT molecular complexity index is 405. The van der Waals surface area contributed by atoms with E-state index in [1.807, 2.05) is 6.92 Å². The Morgan fingerprint density at radius 2 is 2.39 bits per heavy atom. The van der Waals surface area contributed by atoms with Crippen LogP contribution in [0, 0.1) is 5.41 Å². The average Bonchev–Trinajstić information content (AvgIpc) is 2.79. The molecule has 0 radical (unpaired) electrons. The topological polar surface area (TPSA) is 81.2 Å². The van der Waals surface area contributed by atoms with Gasteiger partial charge in [-0.05, 0) is 24.8 Å². The van der Waals surface area contributed by atoms with E-state index in [1.54, 1.807) is 6.20 Å². The number of nitrogens with two attached hydrogens (primary N) is 1. The molecule has 3 N–H and O–H groups in total. The van der Waals surface area contributed by atoms with Gasteiger partial charge in [0.05, 0.1) is 12.7 Å². The van der Waals surface area contributed by atoms with Crippen molar-refractivity contribution in [1.82, 2.24) is 10.3 Å². The second-order valence-corrected chi connectivity index (χ2v) is 5.09. The summed E-state index contributed by atoms with van der Waals surface area (Å²) < 4.78 is 5.43. The van der Waals surface area contributed by atoms with Crippen LogP contribution in [-0.4, -0.2) is 17.4 Å². The van der Waals surface area contributed by atoms with E-state index in [2.05, 4.69) is 10.3 Å². The molecule has 0 unspecified atom stereocenters. The van der Waals surface area contributed by atoms with Crippen molar-refractivity contribution >= 4 is 5.91 Å². The Hall–Kier alpha value is -1.36. The van der Waals surface area contributed by atoms with Gasteiger partial charge in [0.1, 0.15) is 5.76 Å². The van der Waals surface area contributed by atoms with Crippen LogP contribution >= 0.6 is 0 Å². The van der Waals surface area contributed by atoms with E-state index in [-0.39, 0.29) is 11.3 Å². The highest BCUT2D eigenvalue weighted by molar-refractivity contribution is 5.76. The van der Waals surface area contributed by atoms with E-state index in [0.29, 0.717) is 25.4 Å². The minimum atomic E-state index is 0.0383. The van der Waals surface area contributed by atoms with Crippen molar-refractivity contribution in [2.75, 3.05) is 6.54 Å². The van der Waals surface area contributed by atoms with Gasteiger partial charge in [0.25, 0.3) is 0 Å². The molecule has 1 amide bonds. The van der Waals surface area contributed by atoms with Crippen LogP contribution in [0.15, 0.2) is 10.6 Å². The van der Waals surface area contributed by atoms with Crippen LogP contribution < -0.4 is 11.1 Å². The highest BCUT2D eigenvalue weighted by Gasteiger charge is 2.37. The summed E-state index contributed by atoms with van der Waals surface area (Å²) in [5, 5.41) is 2.84. The predicted octanol–water partition coefficient (Wildman–Crippen LogP) is 1.37. The summed E-state index contributed by atoms with van der Waals surface area (Å²) in [7, 11) is 0. The van der Waals surface area contributed by atoms with E-state index >= 15 is 0 Å². The number of oxazole rings is 1. The summed E-state index contributed by atoms with van der Waals surface area (Å²) in [5.74, 6) is 1.45. The van der Waals surface area contributed by atoms with Gasteiger partial charge in [-0.1, -0.05) is 13.3 Å². The largest absolute Gasteiger partial charge is 0.444 e. The molecule has 1 aromatic heterocycles. The number of carbonyl (C=O) groups is 1. The number of nitrogens with zero attached hydrogens (tertiary/aromatic N) is 1. The first-order valence-corrected chi connectivity index (χ1v) is 6.58. The van der Waals surface area contributed by atoms with E-state index in [9.17, 15) is 4.79 Å². The fourth-order valence-electron chi connectivity index (χ4n) is 2.30. The average molecular weight is 251 g/mol. The molecule has 1 fully saturated rings. The lowest BCUT2D eigenvalue weighted by molar-refractivity contribution is -0.125. The molecule has 100 valence electrons. The molecule has 1 saturated carbocycles.